The first-order valence-corrected chi connectivity index (χ1v) is 7.53. The maximum absolute atomic E-state index is 11.2. The summed E-state index contributed by atoms with van der Waals surface area (Å²) in [6.45, 7) is 4.17. The van der Waals surface area contributed by atoms with Gasteiger partial charge < -0.3 is 10.1 Å². The van der Waals surface area contributed by atoms with Crippen LogP contribution in [0.1, 0.15) is 24.8 Å². The molecule has 1 N–H and O–H groups in total. The van der Waals surface area contributed by atoms with Crippen molar-refractivity contribution >= 4 is 22.7 Å². The quantitative estimate of drug-likeness (QED) is 0.631. The lowest BCUT2D eigenvalue weighted by molar-refractivity contribution is -0.384. The van der Waals surface area contributed by atoms with E-state index in [1.165, 1.54) is 6.07 Å². The van der Waals surface area contributed by atoms with Crippen LogP contribution in [-0.4, -0.2) is 12.0 Å². The summed E-state index contributed by atoms with van der Waals surface area (Å²) in [5.41, 5.74) is 0.532. The lowest BCUT2D eigenvalue weighted by Gasteiger charge is -2.22. The number of nitro benzene ring substituents is 1. The highest BCUT2D eigenvalue weighted by molar-refractivity contribution is 7.10. The second-order valence-electron chi connectivity index (χ2n) is 5.02. The highest BCUT2D eigenvalue weighted by Gasteiger charge is 2.22. The van der Waals surface area contributed by atoms with Crippen LogP contribution < -0.4 is 10.1 Å². The van der Waals surface area contributed by atoms with Gasteiger partial charge >= 0.3 is 0 Å². The molecule has 5 nitrogen and oxygen atoms in total. The van der Waals surface area contributed by atoms with Crippen molar-refractivity contribution in [3.05, 3.63) is 50.7 Å². The molecule has 21 heavy (non-hydrogen) atoms. The number of hydrogen-bond acceptors (Lipinski definition) is 5. The summed E-state index contributed by atoms with van der Waals surface area (Å²) in [6.07, 6.45) is 0. The van der Waals surface area contributed by atoms with E-state index in [0.29, 0.717) is 17.4 Å². The Labute approximate surface area is 127 Å². The molecule has 0 aliphatic heterocycles. The van der Waals surface area contributed by atoms with Gasteiger partial charge in [0, 0.05) is 17.0 Å². The maximum Gasteiger partial charge on any atom is 0.292 e. The Morgan fingerprint density at radius 2 is 2.10 bits per heavy atom. The summed E-state index contributed by atoms with van der Waals surface area (Å²) in [7, 11) is 1.55. The van der Waals surface area contributed by atoms with Gasteiger partial charge in [-0.2, -0.15) is 0 Å². The van der Waals surface area contributed by atoms with E-state index >= 15 is 0 Å². The average Bonchev–Trinajstić information content (AvgIpc) is 2.97. The molecule has 1 unspecified atom stereocenters. The van der Waals surface area contributed by atoms with Gasteiger partial charge in [-0.3, -0.25) is 10.1 Å². The molecule has 6 heteroatoms. The Balaban J connectivity index is 2.37. The van der Waals surface area contributed by atoms with Gasteiger partial charge in [0.05, 0.1) is 18.1 Å². The van der Waals surface area contributed by atoms with E-state index in [0.717, 1.165) is 4.88 Å². The first-order valence-electron chi connectivity index (χ1n) is 6.65. The van der Waals surface area contributed by atoms with Crippen molar-refractivity contribution < 1.29 is 9.66 Å². The van der Waals surface area contributed by atoms with Crippen LogP contribution in [-0.2, 0) is 0 Å². The van der Waals surface area contributed by atoms with Gasteiger partial charge in [0.15, 0.2) is 0 Å². The fourth-order valence-corrected chi connectivity index (χ4v) is 3.07. The molecule has 1 atom stereocenters. The van der Waals surface area contributed by atoms with Crippen LogP contribution in [0.15, 0.2) is 35.7 Å². The van der Waals surface area contributed by atoms with Crippen LogP contribution in [0, 0.1) is 16.0 Å². The molecule has 1 aromatic carbocycles. The zero-order valence-electron chi connectivity index (χ0n) is 12.2. The molecule has 112 valence electrons. The number of nitrogens with zero attached hydrogens (tertiary/aromatic N) is 1. The first-order chi connectivity index (χ1) is 10.0. The number of nitrogens with one attached hydrogen (secondary N) is 1. The Morgan fingerprint density at radius 1 is 1.33 bits per heavy atom. The van der Waals surface area contributed by atoms with Crippen LogP contribution in [0.5, 0.6) is 5.75 Å². The number of thiophene rings is 1. The normalized spacial score (nSPS) is 12.2. The number of methoxy groups -OCH3 is 1. The molecule has 1 heterocycles. The minimum Gasteiger partial charge on any atom is -0.497 e. The molecule has 0 spiro atoms. The Bertz CT molecular complexity index is 611. The van der Waals surface area contributed by atoms with Crippen molar-refractivity contribution in [1.82, 2.24) is 0 Å². The summed E-state index contributed by atoms with van der Waals surface area (Å²) in [6, 6.07) is 8.77. The Hall–Kier alpha value is -2.08. The summed E-state index contributed by atoms with van der Waals surface area (Å²) in [5, 5.41) is 16.5. The second kappa shape index (κ2) is 6.58. The third-order valence-corrected chi connectivity index (χ3v) is 4.18. The third-order valence-electron chi connectivity index (χ3n) is 3.23. The molecule has 2 rings (SSSR count). The summed E-state index contributed by atoms with van der Waals surface area (Å²) < 4.78 is 5.16. The summed E-state index contributed by atoms with van der Waals surface area (Å²) in [4.78, 5) is 12.0. The largest absolute Gasteiger partial charge is 0.497 e. The predicted molar refractivity (Wildman–Crippen MR) is 85.2 cm³/mol. The summed E-state index contributed by atoms with van der Waals surface area (Å²) in [5.74, 6) is 0.895. The fourth-order valence-electron chi connectivity index (χ4n) is 2.12. The molecule has 0 saturated heterocycles. The summed E-state index contributed by atoms with van der Waals surface area (Å²) >= 11 is 1.64. The minimum absolute atomic E-state index is 0.0239. The number of benzene rings is 1. The van der Waals surface area contributed by atoms with Crippen LogP contribution in [0.4, 0.5) is 11.4 Å². The molecule has 0 fully saturated rings. The van der Waals surface area contributed by atoms with Crippen LogP contribution >= 0.6 is 11.3 Å². The van der Waals surface area contributed by atoms with Gasteiger partial charge in [-0.05, 0) is 23.4 Å². The van der Waals surface area contributed by atoms with Crippen molar-refractivity contribution in [2.75, 3.05) is 12.4 Å². The molecule has 1 aromatic heterocycles. The van der Waals surface area contributed by atoms with Crippen molar-refractivity contribution in [3.8, 4) is 5.75 Å². The number of nitro groups is 1. The van der Waals surface area contributed by atoms with Crippen molar-refractivity contribution in [2.45, 2.75) is 19.9 Å². The third kappa shape index (κ3) is 3.52. The zero-order valence-corrected chi connectivity index (χ0v) is 13.0. The van der Waals surface area contributed by atoms with Crippen LogP contribution in [0.2, 0.25) is 0 Å². The minimum atomic E-state index is -0.381. The standard InChI is InChI=1S/C15H18N2O3S/c1-10(2)15(14-5-4-8-21-14)16-12-9-11(20-3)6-7-13(12)17(18)19/h4-10,15-16H,1-3H3. The van der Waals surface area contributed by atoms with Gasteiger partial charge in [0.25, 0.3) is 5.69 Å². The van der Waals surface area contributed by atoms with Gasteiger partial charge in [-0.25, -0.2) is 0 Å². The second-order valence-corrected chi connectivity index (χ2v) is 6.00. The average molecular weight is 306 g/mol. The van der Waals surface area contributed by atoms with Crippen LogP contribution in [0.3, 0.4) is 0 Å². The zero-order chi connectivity index (χ0) is 15.4. The van der Waals surface area contributed by atoms with E-state index < -0.39 is 0 Å². The first kappa shape index (κ1) is 15.3. The highest BCUT2D eigenvalue weighted by atomic mass is 32.1. The lowest BCUT2D eigenvalue weighted by Crippen LogP contribution is -2.16. The molecule has 0 saturated carbocycles. The van der Waals surface area contributed by atoms with Crippen LogP contribution in [0.25, 0.3) is 0 Å². The molecular weight excluding hydrogens is 288 g/mol. The molecule has 0 radical (unpaired) electrons. The lowest BCUT2D eigenvalue weighted by atomic mass is 10.0. The highest BCUT2D eigenvalue weighted by Crippen LogP contribution is 2.35. The van der Waals surface area contributed by atoms with E-state index in [-0.39, 0.29) is 16.7 Å². The smallest absolute Gasteiger partial charge is 0.292 e. The molecule has 0 aliphatic carbocycles. The number of anilines is 1. The molecule has 0 bridgehead atoms. The molecule has 0 aliphatic rings. The van der Waals surface area contributed by atoms with E-state index in [1.54, 1.807) is 30.6 Å². The number of rotatable bonds is 6. The topological polar surface area (TPSA) is 64.4 Å². The van der Waals surface area contributed by atoms with Crippen molar-refractivity contribution in [2.24, 2.45) is 5.92 Å². The predicted octanol–water partition coefficient (Wildman–Crippen LogP) is 4.47. The maximum atomic E-state index is 11.2. The fraction of sp³-hybridized carbons (Fsp3) is 0.333. The number of hydrogen-bond donors (Lipinski definition) is 1. The molecular formula is C15H18N2O3S. The molecule has 0 amide bonds. The van der Waals surface area contributed by atoms with Gasteiger partial charge in [-0.15, -0.1) is 11.3 Å². The van der Waals surface area contributed by atoms with Gasteiger partial charge in [0.1, 0.15) is 11.4 Å². The molecule has 2 aromatic rings. The van der Waals surface area contributed by atoms with E-state index in [2.05, 4.69) is 19.2 Å². The Morgan fingerprint density at radius 3 is 2.62 bits per heavy atom. The van der Waals surface area contributed by atoms with Crippen molar-refractivity contribution in [3.63, 3.8) is 0 Å². The number of ether oxygens (including phenoxy) is 1. The van der Waals surface area contributed by atoms with E-state index in [4.69, 9.17) is 4.74 Å². The van der Waals surface area contributed by atoms with E-state index in [1.807, 2.05) is 17.5 Å². The monoisotopic (exact) mass is 306 g/mol. The SMILES string of the molecule is COc1ccc([N+](=O)[O-])c(NC(c2cccs2)C(C)C)c1. The van der Waals surface area contributed by atoms with Crippen molar-refractivity contribution in [1.29, 1.82) is 0 Å². The van der Waals surface area contributed by atoms with E-state index in [9.17, 15) is 10.1 Å². The van der Waals surface area contributed by atoms with Gasteiger partial charge in [-0.1, -0.05) is 19.9 Å². The Kier molecular flexibility index (Phi) is 4.80. The van der Waals surface area contributed by atoms with Gasteiger partial charge in [0.2, 0.25) is 0 Å².